The van der Waals surface area contributed by atoms with E-state index in [-0.39, 0.29) is 17.9 Å². The molecule has 0 saturated carbocycles. The van der Waals surface area contributed by atoms with E-state index in [0.29, 0.717) is 6.54 Å². The molecule has 1 rings (SSSR count). The molecule has 0 aliphatic carbocycles. The largest absolute Gasteiger partial charge is 0.368 e. The van der Waals surface area contributed by atoms with Crippen LogP contribution in [0.1, 0.15) is 32.6 Å². The number of rotatable bonds is 1. The van der Waals surface area contributed by atoms with Crippen molar-refractivity contribution in [2.75, 3.05) is 6.54 Å². The third kappa shape index (κ3) is 2.44. The molecular weight excluding hydrogens is 168 g/mol. The number of primary amides is 1. The Morgan fingerprint density at radius 2 is 2.00 bits per heavy atom. The molecule has 1 unspecified atom stereocenters. The highest BCUT2D eigenvalue weighted by Crippen LogP contribution is 2.16. The normalized spacial score (nSPS) is 23.8. The Hall–Kier alpha value is -1.06. The number of amides is 2. The molecule has 2 amide bonds. The molecular formula is C9H16N2O2. The van der Waals surface area contributed by atoms with Crippen molar-refractivity contribution in [2.45, 2.75) is 38.6 Å². The summed E-state index contributed by atoms with van der Waals surface area (Å²) in [4.78, 5) is 23.8. The van der Waals surface area contributed by atoms with E-state index in [1.54, 1.807) is 4.90 Å². The second kappa shape index (κ2) is 4.25. The van der Waals surface area contributed by atoms with E-state index in [2.05, 4.69) is 0 Å². The van der Waals surface area contributed by atoms with E-state index in [1.165, 1.54) is 6.92 Å². The summed E-state index contributed by atoms with van der Waals surface area (Å²) in [7, 11) is 0. The number of nitrogens with zero attached hydrogens (tertiary/aromatic N) is 1. The third-order valence-electron chi connectivity index (χ3n) is 2.49. The number of carbonyl (C=O) groups excluding carboxylic acids is 2. The average molecular weight is 184 g/mol. The fourth-order valence-electron chi connectivity index (χ4n) is 1.78. The number of hydrogen-bond acceptors (Lipinski definition) is 2. The van der Waals surface area contributed by atoms with Gasteiger partial charge in [-0.05, 0) is 12.8 Å². The van der Waals surface area contributed by atoms with Crippen LogP contribution in [0, 0.1) is 0 Å². The highest BCUT2D eigenvalue weighted by Gasteiger charge is 2.26. The molecule has 0 bridgehead atoms. The minimum Gasteiger partial charge on any atom is -0.368 e. The van der Waals surface area contributed by atoms with E-state index in [1.807, 2.05) is 0 Å². The zero-order valence-corrected chi connectivity index (χ0v) is 7.95. The smallest absolute Gasteiger partial charge is 0.240 e. The second-order valence-electron chi connectivity index (χ2n) is 3.48. The molecule has 4 heteroatoms. The summed E-state index contributed by atoms with van der Waals surface area (Å²) in [6.45, 7) is 2.16. The second-order valence-corrected chi connectivity index (χ2v) is 3.48. The molecule has 1 aliphatic heterocycles. The van der Waals surface area contributed by atoms with Crippen molar-refractivity contribution in [1.29, 1.82) is 0 Å². The minimum absolute atomic E-state index is 0.0503. The first-order valence-corrected chi connectivity index (χ1v) is 4.69. The van der Waals surface area contributed by atoms with Gasteiger partial charge in [0.2, 0.25) is 11.8 Å². The number of nitrogens with two attached hydrogens (primary N) is 1. The topological polar surface area (TPSA) is 63.4 Å². The molecule has 13 heavy (non-hydrogen) atoms. The maximum atomic E-state index is 11.2. The summed E-state index contributed by atoms with van der Waals surface area (Å²) in [6.07, 6.45) is 3.75. The van der Waals surface area contributed by atoms with Crippen molar-refractivity contribution < 1.29 is 9.59 Å². The predicted molar refractivity (Wildman–Crippen MR) is 48.8 cm³/mol. The minimum atomic E-state index is -0.378. The van der Waals surface area contributed by atoms with E-state index in [0.717, 1.165) is 25.7 Å². The van der Waals surface area contributed by atoms with Gasteiger partial charge in [0.1, 0.15) is 6.04 Å². The molecule has 0 aromatic heterocycles. The van der Waals surface area contributed by atoms with Crippen molar-refractivity contribution in [3.63, 3.8) is 0 Å². The third-order valence-corrected chi connectivity index (χ3v) is 2.49. The Kier molecular flexibility index (Phi) is 3.28. The first kappa shape index (κ1) is 10.0. The van der Waals surface area contributed by atoms with Crippen LogP contribution in [-0.4, -0.2) is 29.3 Å². The van der Waals surface area contributed by atoms with E-state index >= 15 is 0 Å². The van der Waals surface area contributed by atoms with Gasteiger partial charge in [-0.3, -0.25) is 9.59 Å². The van der Waals surface area contributed by atoms with Crippen LogP contribution in [-0.2, 0) is 9.59 Å². The van der Waals surface area contributed by atoms with Gasteiger partial charge in [0.25, 0.3) is 0 Å². The summed E-state index contributed by atoms with van der Waals surface area (Å²) in [6, 6.07) is -0.375. The lowest BCUT2D eigenvalue weighted by Gasteiger charge is -2.26. The van der Waals surface area contributed by atoms with Crippen LogP contribution in [0.2, 0.25) is 0 Å². The molecule has 74 valence electrons. The van der Waals surface area contributed by atoms with Crippen LogP contribution in [0.3, 0.4) is 0 Å². The van der Waals surface area contributed by atoms with Crippen molar-refractivity contribution in [3.8, 4) is 0 Å². The summed E-state index contributed by atoms with van der Waals surface area (Å²) >= 11 is 0. The first-order chi connectivity index (χ1) is 6.13. The lowest BCUT2D eigenvalue weighted by atomic mass is 10.1. The molecule has 4 nitrogen and oxygen atoms in total. The van der Waals surface area contributed by atoms with Gasteiger partial charge in [-0.15, -0.1) is 0 Å². The number of likely N-dealkylation sites (tertiary alicyclic amines) is 1. The van der Waals surface area contributed by atoms with Crippen molar-refractivity contribution in [1.82, 2.24) is 4.90 Å². The lowest BCUT2D eigenvalue weighted by molar-refractivity contribution is -0.137. The first-order valence-electron chi connectivity index (χ1n) is 4.69. The molecule has 1 heterocycles. The Balaban J connectivity index is 2.72. The monoisotopic (exact) mass is 184 g/mol. The summed E-state index contributed by atoms with van der Waals surface area (Å²) in [5, 5.41) is 0. The van der Waals surface area contributed by atoms with Gasteiger partial charge in [0.15, 0.2) is 0 Å². The molecule has 0 spiro atoms. The van der Waals surface area contributed by atoms with Crippen LogP contribution in [0.25, 0.3) is 0 Å². The fourth-order valence-corrected chi connectivity index (χ4v) is 1.78. The summed E-state index contributed by atoms with van der Waals surface area (Å²) < 4.78 is 0. The molecule has 1 atom stereocenters. The highest BCUT2D eigenvalue weighted by molar-refractivity contribution is 5.85. The standard InChI is InChI=1S/C9H16N2O2/c1-7(12)11-6-4-2-3-5-8(11)9(10)13/h8H,2-6H2,1H3,(H2,10,13). The number of hydrogen-bond donors (Lipinski definition) is 1. The van der Waals surface area contributed by atoms with Gasteiger partial charge in [0.05, 0.1) is 0 Å². The van der Waals surface area contributed by atoms with Gasteiger partial charge in [-0.1, -0.05) is 12.8 Å². The van der Waals surface area contributed by atoms with Crippen LogP contribution in [0.4, 0.5) is 0 Å². The SMILES string of the molecule is CC(=O)N1CCCCCC1C(N)=O. The Labute approximate surface area is 78.1 Å². The maximum Gasteiger partial charge on any atom is 0.240 e. The summed E-state index contributed by atoms with van der Waals surface area (Å²) in [5.41, 5.74) is 5.23. The van der Waals surface area contributed by atoms with Gasteiger partial charge < -0.3 is 10.6 Å². The maximum absolute atomic E-state index is 11.2. The average Bonchev–Trinajstić information content (AvgIpc) is 2.27. The van der Waals surface area contributed by atoms with Crippen LogP contribution >= 0.6 is 0 Å². The van der Waals surface area contributed by atoms with Crippen molar-refractivity contribution in [2.24, 2.45) is 5.73 Å². The van der Waals surface area contributed by atoms with Crippen LogP contribution in [0.5, 0.6) is 0 Å². The molecule has 0 aromatic rings. The molecule has 1 fully saturated rings. The van der Waals surface area contributed by atoms with Crippen molar-refractivity contribution in [3.05, 3.63) is 0 Å². The quantitative estimate of drug-likeness (QED) is 0.635. The van der Waals surface area contributed by atoms with E-state index in [9.17, 15) is 9.59 Å². The molecule has 1 aliphatic rings. The van der Waals surface area contributed by atoms with E-state index < -0.39 is 0 Å². The Bertz CT molecular complexity index is 194. The Morgan fingerprint density at radius 1 is 1.31 bits per heavy atom. The molecule has 2 N–H and O–H groups in total. The van der Waals surface area contributed by atoms with E-state index in [4.69, 9.17) is 5.73 Å². The fraction of sp³-hybridized carbons (Fsp3) is 0.778. The van der Waals surface area contributed by atoms with Gasteiger partial charge in [-0.2, -0.15) is 0 Å². The predicted octanol–water partition coefficient (Wildman–Crippen LogP) is 0.263. The van der Waals surface area contributed by atoms with Gasteiger partial charge in [-0.25, -0.2) is 0 Å². The molecule has 1 saturated heterocycles. The zero-order chi connectivity index (χ0) is 9.84. The zero-order valence-electron chi connectivity index (χ0n) is 7.95. The Morgan fingerprint density at radius 3 is 2.54 bits per heavy atom. The van der Waals surface area contributed by atoms with Crippen LogP contribution in [0.15, 0.2) is 0 Å². The van der Waals surface area contributed by atoms with Crippen molar-refractivity contribution >= 4 is 11.8 Å². The number of carbonyl (C=O) groups is 2. The van der Waals surface area contributed by atoms with Crippen LogP contribution < -0.4 is 5.73 Å². The van der Waals surface area contributed by atoms with Gasteiger partial charge >= 0.3 is 0 Å². The summed E-state index contributed by atoms with van der Waals surface area (Å²) in [5.74, 6) is -0.428. The molecule has 0 radical (unpaired) electrons. The lowest BCUT2D eigenvalue weighted by Crippen LogP contribution is -2.46. The molecule has 0 aromatic carbocycles. The highest BCUT2D eigenvalue weighted by atomic mass is 16.2. The van der Waals surface area contributed by atoms with Gasteiger partial charge in [0, 0.05) is 13.5 Å².